The first-order valence-corrected chi connectivity index (χ1v) is 20.7. The van der Waals surface area contributed by atoms with E-state index in [0.29, 0.717) is 27.4 Å². The number of phenolic OH excluding ortho intramolecular Hbond substituents is 11. The molecule has 0 radical (unpaired) electrons. The summed E-state index contributed by atoms with van der Waals surface area (Å²) in [4.78, 5) is 13.8. The lowest BCUT2D eigenvalue weighted by atomic mass is 10.0. The van der Waals surface area contributed by atoms with Crippen LogP contribution >= 0.6 is 0 Å². The summed E-state index contributed by atoms with van der Waals surface area (Å²) >= 11 is 0. The number of rotatable bonds is 5. The van der Waals surface area contributed by atoms with Crippen LogP contribution in [0.25, 0.3) is 111 Å². The summed E-state index contributed by atoms with van der Waals surface area (Å²) in [5, 5.41) is 125. The first-order valence-electron chi connectivity index (χ1n) is 20.7. The Hall–Kier alpha value is -10.0. The molecule has 12 aromatic rings. The van der Waals surface area contributed by atoms with E-state index < -0.39 is 102 Å². The summed E-state index contributed by atoms with van der Waals surface area (Å²) < 4.78 is 10.2. The number of para-hydroxylation sites is 3. The normalized spacial score (nSPS) is 11.9. The summed E-state index contributed by atoms with van der Waals surface area (Å²) in [6, 6.07) is 37.0. The summed E-state index contributed by atoms with van der Waals surface area (Å²) in [5.74, 6) is -13.4. The molecule has 0 amide bonds. The monoisotopic (exact) mass is 905 g/mol. The molecule has 332 valence electrons. The van der Waals surface area contributed by atoms with Gasteiger partial charge in [-0.1, -0.05) is 91.0 Å². The Bertz CT molecular complexity index is 4100. The molecule has 0 saturated heterocycles. The molecule has 0 aliphatic carbocycles. The molecular weight excluding hydrogens is 875 g/mol. The zero-order chi connectivity index (χ0) is 47.0. The molecule has 17 nitrogen and oxygen atoms in total. The third-order valence-electron chi connectivity index (χ3n) is 12.4. The van der Waals surface area contributed by atoms with Crippen LogP contribution in [-0.2, 0) is 0 Å². The predicted octanol–water partition coefficient (Wildman–Crippen LogP) is 9.73. The molecule has 0 atom stereocenters. The Balaban J connectivity index is 1.29. The third kappa shape index (κ3) is 5.16. The van der Waals surface area contributed by atoms with Crippen LogP contribution in [0.3, 0.4) is 0 Å². The van der Waals surface area contributed by atoms with Gasteiger partial charge >= 0.3 is 0 Å². The van der Waals surface area contributed by atoms with Gasteiger partial charge in [0.25, 0.3) is 0 Å². The number of aromatic nitrogens is 5. The number of phenols is 11. The minimum absolute atomic E-state index is 0.143. The van der Waals surface area contributed by atoms with E-state index in [4.69, 9.17) is 9.40 Å². The van der Waals surface area contributed by atoms with Gasteiger partial charge in [-0.3, -0.25) is 0 Å². The van der Waals surface area contributed by atoms with Gasteiger partial charge in [-0.25, -0.2) is 15.0 Å². The number of furan rings is 1. The lowest BCUT2D eigenvalue weighted by Crippen LogP contribution is -2.05. The highest BCUT2D eigenvalue weighted by molar-refractivity contribution is 6.22. The number of hydrogen-bond donors (Lipinski definition) is 11. The van der Waals surface area contributed by atoms with Crippen molar-refractivity contribution < 1.29 is 60.6 Å². The lowest BCUT2D eigenvalue weighted by molar-refractivity contribution is 0.329. The maximum atomic E-state index is 12.6. The minimum Gasteiger partial charge on any atom is -0.504 e. The topological polar surface area (TPSA) is 284 Å². The van der Waals surface area contributed by atoms with Crippen molar-refractivity contribution in [3.8, 4) is 109 Å². The zero-order valence-corrected chi connectivity index (χ0v) is 34.6. The zero-order valence-electron chi connectivity index (χ0n) is 34.6. The highest BCUT2D eigenvalue weighted by atomic mass is 16.4. The lowest BCUT2D eigenvalue weighted by Gasteiger charge is -2.18. The minimum atomic E-state index is -1.24. The molecular formula is C51H31N5O12. The van der Waals surface area contributed by atoms with Crippen LogP contribution < -0.4 is 0 Å². The first kappa shape index (κ1) is 39.6. The fraction of sp³-hybridized carbons (Fsp3) is 0. The van der Waals surface area contributed by atoms with E-state index in [1.807, 2.05) is 72.8 Å². The summed E-state index contributed by atoms with van der Waals surface area (Å²) in [6.07, 6.45) is 0. The SMILES string of the molecule is Oc1c(O)c(O)c(-c2nc(-c3ccccc3)nc(-c3c(O)c(O)c4c(oc5c(O)c(O)c(O)c(O)c54)c3-n3c4ccccc4c4c(-n5c6ccccc6c6ccccc65)cccc43)n2)c(O)c1O. The van der Waals surface area contributed by atoms with Crippen LogP contribution in [0.5, 0.6) is 63.2 Å². The van der Waals surface area contributed by atoms with E-state index in [2.05, 4.69) is 14.5 Å². The molecule has 17 heteroatoms. The molecule has 0 aliphatic heterocycles. The largest absolute Gasteiger partial charge is 0.504 e. The Morgan fingerprint density at radius 3 is 1.40 bits per heavy atom. The van der Waals surface area contributed by atoms with E-state index in [1.165, 1.54) is 0 Å². The second kappa shape index (κ2) is 14.0. The van der Waals surface area contributed by atoms with Crippen molar-refractivity contribution in [2.45, 2.75) is 0 Å². The Labute approximate surface area is 379 Å². The van der Waals surface area contributed by atoms with Gasteiger partial charge in [0, 0.05) is 27.1 Å². The molecule has 4 aromatic heterocycles. The molecule has 4 heterocycles. The smallest absolute Gasteiger partial charge is 0.208 e. The van der Waals surface area contributed by atoms with E-state index in [0.717, 1.165) is 27.5 Å². The van der Waals surface area contributed by atoms with E-state index in [-0.39, 0.29) is 17.1 Å². The van der Waals surface area contributed by atoms with Gasteiger partial charge in [0.2, 0.25) is 34.5 Å². The molecule has 11 N–H and O–H groups in total. The third-order valence-corrected chi connectivity index (χ3v) is 12.4. The maximum absolute atomic E-state index is 12.6. The number of aromatic hydroxyl groups is 11. The van der Waals surface area contributed by atoms with Crippen molar-refractivity contribution in [3.63, 3.8) is 0 Å². The van der Waals surface area contributed by atoms with Crippen LogP contribution in [-0.4, -0.2) is 80.3 Å². The average Bonchev–Trinajstić information content (AvgIpc) is 4.04. The molecule has 0 unspecified atom stereocenters. The van der Waals surface area contributed by atoms with Crippen LogP contribution in [0, 0.1) is 0 Å². The van der Waals surface area contributed by atoms with Crippen LogP contribution in [0.2, 0.25) is 0 Å². The van der Waals surface area contributed by atoms with Crippen LogP contribution in [0.4, 0.5) is 0 Å². The predicted molar refractivity (Wildman–Crippen MR) is 250 cm³/mol. The van der Waals surface area contributed by atoms with Crippen LogP contribution in [0.1, 0.15) is 0 Å². The van der Waals surface area contributed by atoms with Gasteiger partial charge in [-0.2, -0.15) is 0 Å². The van der Waals surface area contributed by atoms with Gasteiger partial charge in [0.1, 0.15) is 11.3 Å². The van der Waals surface area contributed by atoms with E-state index in [1.54, 1.807) is 53.1 Å². The van der Waals surface area contributed by atoms with Gasteiger partial charge in [0.05, 0.1) is 44.1 Å². The number of fused-ring (bicyclic) bond motifs is 9. The fourth-order valence-corrected chi connectivity index (χ4v) is 9.38. The molecule has 0 aliphatic rings. The standard InChI is InChI=1S/C51H31N5O12/c57-36-31-32-37(58)41(62)45(66)46(67)48(32)68-47(31)35(33(38(36)59)50-52-49(21-11-2-1-3-12-21)53-51(54-50)34-39(60)42(63)44(65)43(64)40(34)61)56-27-18-9-6-15-24(27)30-28(19-10-20-29(30)56)55-25-16-7-4-13-22(25)23-14-5-8-17-26(23)55/h1-20,57-67H. The van der Waals surface area contributed by atoms with Crippen LogP contribution in [0.15, 0.2) is 126 Å². The molecule has 8 aromatic carbocycles. The average molecular weight is 906 g/mol. The van der Waals surface area contributed by atoms with Gasteiger partial charge in [-0.05, 0) is 30.3 Å². The quantitative estimate of drug-likeness (QED) is 0.0566. The highest BCUT2D eigenvalue weighted by Gasteiger charge is 2.35. The summed E-state index contributed by atoms with van der Waals surface area (Å²) in [7, 11) is 0. The number of nitrogens with zero attached hydrogens (tertiary/aromatic N) is 5. The number of benzene rings is 8. The van der Waals surface area contributed by atoms with Crippen molar-refractivity contribution in [3.05, 3.63) is 121 Å². The molecule has 0 fully saturated rings. The molecule has 68 heavy (non-hydrogen) atoms. The van der Waals surface area contributed by atoms with E-state index >= 15 is 0 Å². The van der Waals surface area contributed by atoms with Gasteiger partial charge in [-0.15, -0.1) is 0 Å². The van der Waals surface area contributed by atoms with Gasteiger partial charge in [0.15, 0.2) is 57.4 Å². The Morgan fingerprint density at radius 2 is 0.765 bits per heavy atom. The van der Waals surface area contributed by atoms with Crippen molar-refractivity contribution in [2.24, 2.45) is 0 Å². The molecule has 0 saturated carbocycles. The van der Waals surface area contributed by atoms with Crippen molar-refractivity contribution in [1.82, 2.24) is 24.1 Å². The molecule has 0 bridgehead atoms. The first-order chi connectivity index (χ1) is 32.9. The summed E-state index contributed by atoms with van der Waals surface area (Å²) in [5.41, 5.74) is 1.55. The molecule has 12 rings (SSSR count). The number of hydrogen-bond acceptors (Lipinski definition) is 15. The molecule has 0 spiro atoms. The highest BCUT2D eigenvalue weighted by Crippen LogP contribution is 2.59. The van der Waals surface area contributed by atoms with Crippen molar-refractivity contribution in [1.29, 1.82) is 0 Å². The second-order valence-electron chi connectivity index (χ2n) is 16.0. The van der Waals surface area contributed by atoms with Gasteiger partial charge < -0.3 is 69.7 Å². The second-order valence-corrected chi connectivity index (χ2v) is 16.0. The Kier molecular flexibility index (Phi) is 8.13. The fourth-order valence-electron chi connectivity index (χ4n) is 9.38. The van der Waals surface area contributed by atoms with Crippen molar-refractivity contribution >= 4 is 65.6 Å². The van der Waals surface area contributed by atoms with Crippen molar-refractivity contribution in [2.75, 3.05) is 0 Å². The Morgan fingerprint density at radius 1 is 0.324 bits per heavy atom. The van der Waals surface area contributed by atoms with E-state index in [9.17, 15) is 56.2 Å². The maximum Gasteiger partial charge on any atom is 0.208 e. The summed E-state index contributed by atoms with van der Waals surface area (Å²) in [6.45, 7) is 0.